The highest BCUT2D eigenvalue weighted by atomic mass is 35.5. The van der Waals surface area contributed by atoms with Gasteiger partial charge in [0.25, 0.3) is 5.56 Å². The van der Waals surface area contributed by atoms with Gasteiger partial charge in [0.1, 0.15) is 6.04 Å². The lowest BCUT2D eigenvalue weighted by Gasteiger charge is -2.26. The predicted octanol–water partition coefficient (Wildman–Crippen LogP) is 5.63. The molecule has 0 saturated carbocycles. The van der Waals surface area contributed by atoms with E-state index in [1.54, 1.807) is 12.3 Å². The zero-order valence-corrected chi connectivity index (χ0v) is 21.9. The van der Waals surface area contributed by atoms with Gasteiger partial charge in [0.15, 0.2) is 0 Å². The molecule has 0 bridgehead atoms. The van der Waals surface area contributed by atoms with Crippen LogP contribution in [0.15, 0.2) is 65.6 Å². The van der Waals surface area contributed by atoms with Crippen molar-refractivity contribution < 1.29 is 14.7 Å². The van der Waals surface area contributed by atoms with Crippen LogP contribution < -0.4 is 10.9 Å². The second-order valence-electron chi connectivity index (χ2n) is 9.74. The van der Waals surface area contributed by atoms with Crippen LogP contribution in [0.2, 0.25) is 5.02 Å². The number of carboxylic acids is 1. The Bertz CT molecular complexity index is 1280. The summed E-state index contributed by atoms with van der Waals surface area (Å²) in [4.78, 5) is 38.8. The van der Waals surface area contributed by atoms with Crippen LogP contribution in [0.5, 0.6) is 0 Å². The number of carboxylic acid groups (broad SMARTS) is 1. The van der Waals surface area contributed by atoms with Gasteiger partial charge in [-0.15, -0.1) is 0 Å². The fraction of sp³-hybridized carbons (Fsp3) is 0.345. The smallest absolute Gasteiger partial charge is 0.305 e. The van der Waals surface area contributed by atoms with Crippen LogP contribution in [-0.2, 0) is 16.0 Å². The Balaban J connectivity index is 1.99. The van der Waals surface area contributed by atoms with Gasteiger partial charge in [-0.2, -0.15) is 0 Å². The molecule has 2 N–H and O–H groups in total. The summed E-state index contributed by atoms with van der Waals surface area (Å²) in [5, 5.41) is 13.0. The minimum absolute atomic E-state index is 0.123. The van der Waals surface area contributed by atoms with Crippen molar-refractivity contribution in [2.45, 2.75) is 59.0 Å². The van der Waals surface area contributed by atoms with Gasteiger partial charge in [0.05, 0.1) is 12.5 Å². The number of hydrogen-bond donors (Lipinski definition) is 2. The summed E-state index contributed by atoms with van der Waals surface area (Å²) in [6, 6.07) is 15.1. The molecule has 3 aromatic rings. The second-order valence-corrected chi connectivity index (χ2v) is 10.1. The molecule has 1 aromatic heterocycles. The van der Waals surface area contributed by atoms with Gasteiger partial charge in [0, 0.05) is 23.2 Å². The van der Waals surface area contributed by atoms with Crippen LogP contribution in [0.3, 0.4) is 0 Å². The quantitative estimate of drug-likeness (QED) is 0.371. The number of carbonyl (C=O) groups excluding carboxylic acids is 1. The monoisotopic (exact) mass is 508 g/mol. The number of carbonyl (C=O) groups is 2. The maximum absolute atomic E-state index is 13.6. The van der Waals surface area contributed by atoms with E-state index < -0.39 is 18.1 Å². The Morgan fingerprint density at radius 3 is 2.28 bits per heavy atom. The SMILES string of the molecule is Cc1ccc([C@H](CC(=O)O)NC(=O)[C@@H](CC(C)C)n2cc(C)cc(Cc3ccccc3Cl)c2=O)cc1. The zero-order chi connectivity index (χ0) is 26.4. The van der Waals surface area contributed by atoms with E-state index >= 15 is 0 Å². The van der Waals surface area contributed by atoms with Crippen molar-refractivity contribution in [3.63, 3.8) is 0 Å². The Hall–Kier alpha value is -3.38. The highest BCUT2D eigenvalue weighted by Gasteiger charge is 2.27. The summed E-state index contributed by atoms with van der Waals surface area (Å²) in [6.45, 7) is 7.80. The minimum Gasteiger partial charge on any atom is -0.481 e. The van der Waals surface area contributed by atoms with E-state index in [-0.39, 0.29) is 23.8 Å². The third-order valence-corrected chi connectivity index (χ3v) is 6.47. The highest BCUT2D eigenvalue weighted by molar-refractivity contribution is 6.31. The summed E-state index contributed by atoms with van der Waals surface area (Å²) in [5.74, 6) is -1.28. The number of amides is 1. The third-order valence-electron chi connectivity index (χ3n) is 6.10. The molecule has 3 rings (SSSR count). The van der Waals surface area contributed by atoms with Gasteiger partial charge >= 0.3 is 5.97 Å². The fourth-order valence-corrected chi connectivity index (χ4v) is 4.51. The van der Waals surface area contributed by atoms with Gasteiger partial charge in [-0.3, -0.25) is 14.4 Å². The lowest BCUT2D eigenvalue weighted by Crippen LogP contribution is -2.41. The van der Waals surface area contributed by atoms with E-state index in [2.05, 4.69) is 5.32 Å². The van der Waals surface area contributed by atoms with E-state index in [1.165, 1.54) is 4.57 Å². The number of hydrogen-bond acceptors (Lipinski definition) is 3. The first-order valence-electron chi connectivity index (χ1n) is 12.1. The van der Waals surface area contributed by atoms with Crippen LogP contribution in [0, 0.1) is 19.8 Å². The summed E-state index contributed by atoms with van der Waals surface area (Å²) in [7, 11) is 0. The van der Waals surface area contributed by atoms with Gasteiger partial charge < -0.3 is 15.0 Å². The van der Waals surface area contributed by atoms with E-state index in [4.69, 9.17) is 11.6 Å². The van der Waals surface area contributed by atoms with Crippen molar-refractivity contribution >= 4 is 23.5 Å². The Labute approximate surface area is 216 Å². The molecule has 6 nitrogen and oxygen atoms in total. The largest absolute Gasteiger partial charge is 0.481 e. The third kappa shape index (κ3) is 7.08. The van der Waals surface area contributed by atoms with Crippen LogP contribution in [-0.4, -0.2) is 21.6 Å². The lowest BCUT2D eigenvalue weighted by atomic mass is 9.98. The van der Waals surface area contributed by atoms with Crippen molar-refractivity contribution in [3.8, 4) is 0 Å². The molecule has 36 heavy (non-hydrogen) atoms. The molecule has 0 saturated heterocycles. The van der Waals surface area contributed by atoms with Gasteiger partial charge in [-0.25, -0.2) is 0 Å². The molecule has 0 aliphatic carbocycles. The van der Waals surface area contributed by atoms with Gasteiger partial charge in [0.2, 0.25) is 5.91 Å². The first kappa shape index (κ1) is 27.2. The summed E-state index contributed by atoms with van der Waals surface area (Å²) in [6.07, 6.45) is 2.21. The molecule has 2 atom stereocenters. The molecule has 0 unspecified atom stereocenters. The number of aromatic nitrogens is 1. The summed E-state index contributed by atoms with van der Waals surface area (Å²) >= 11 is 6.33. The molecule has 1 amide bonds. The van der Waals surface area contributed by atoms with E-state index in [9.17, 15) is 19.5 Å². The number of aryl methyl sites for hydroxylation is 2. The molecular weight excluding hydrogens is 476 g/mol. The number of aliphatic carboxylic acids is 1. The molecular formula is C29H33ClN2O4. The van der Waals surface area contributed by atoms with Gasteiger partial charge in [-0.1, -0.05) is 73.5 Å². The van der Waals surface area contributed by atoms with Crippen LogP contribution in [0.25, 0.3) is 0 Å². The van der Waals surface area contributed by atoms with Crippen molar-refractivity contribution in [1.82, 2.24) is 9.88 Å². The standard InChI is InChI=1S/C29H33ClN2O4/c1-18(2)13-26(28(35)31-25(16-27(33)34)21-11-9-19(3)10-12-21)32-17-20(4)14-23(29(32)36)15-22-7-5-6-8-24(22)30/h5-12,14,17-18,25-26H,13,15-16H2,1-4H3,(H,31,35)(H,33,34)/t25-,26+/m0/s1. The molecule has 1 heterocycles. The number of rotatable bonds is 10. The molecule has 0 radical (unpaired) electrons. The van der Waals surface area contributed by atoms with E-state index in [0.717, 1.165) is 16.7 Å². The average molecular weight is 509 g/mol. The highest BCUT2D eigenvalue weighted by Crippen LogP contribution is 2.23. The number of halogens is 1. The molecule has 0 aliphatic rings. The maximum atomic E-state index is 13.6. The molecule has 0 fully saturated rings. The molecule has 190 valence electrons. The predicted molar refractivity (Wildman–Crippen MR) is 143 cm³/mol. The first-order valence-corrected chi connectivity index (χ1v) is 12.5. The van der Waals surface area contributed by atoms with Crippen molar-refractivity contribution in [3.05, 3.63) is 104 Å². The van der Waals surface area contributed by atoms with Crippen molar-refractivity contribution in [2.24, 2.45) is 5.92 Å². The number of benzene rings is 2. The summed E-state index contributed by atoms with van der Waals surface area (Å²) in [5.41, 5.74) is 3.71. The number of nitrogens with one attached hydrogen (secondary N) is 1. The van der Waals surface area contributed by atoms with E-state index in [1.807, 2.05) is 76.2 Å². The number of nitrogens with zero attached hydrogens (tertiary/aromatic N) is 1. The number of pyridine rings is 1. The topological polar surface area (TPSA) is 88.4 Å². The fourth-order valence-electron chi connectivity index (χ4n) is 4.31. The molecule has 0 spiro atoms. The molecule has 2 aromatic carbocycles. The maximum Gasteiger partial charge on any atom is 0.305 e. The van der Waals surface area contributed by atoms with Crippen LogP contribution in [0.1, 0.15) is 66.6 Å². The Morgan fingerprint density at radius 1 is 1.00 bits per heavy atom. The Morgan fingerprint density at radius 2 is 1.67 bits per heavy atom. The average Bonchev–Trinajstić information content (AvgIpc) is 2.80. The lowest BCUT2D eigenvalue weighted by molar-refractivity contribution is -0.138. The molecule has 0 aliphatic heterocycles. The minimum atomic E-state index is -1.02. The van der Waals surface area contributed by atoms with Crippen molar-refractivity contribution in [2.75, 3.05) is 0 Å². The first-order chi connectivity index (χ1) is 17.0. The normalized spacial score (nSPS) is 12.8. The van der Waals surface area contributed by atoms with Crippen molar-refractivity contribution in [1.29, 1.82) is 0 Å². The zero-order valence-electron chi connectivity index (χ0n) is 21.1. The van der Waals surface area contributed by atoms with Crippen LogP contribution >= 0.6 is 11.6 Å². The summed E-state index contributed by atoms with van der Waals surface area (Å²) < 4.78 is 1.49. The molecule has 7 heteroatoms. The Kier molecular flexibility index (Phi) is 9.10. The van der Waals surface area contributed by atoms with Gasteiger partial charge in [-0.05, 0) is 55.0 Å². The second kappa shape index (κ2) is 12.0. The van der Waals surface area contributed by atoms with Crippen LogP contribution in [0.4, 0.5) is 0 Å². The van der Waals surface area contributed by atoms with E-state index in [0.29, 0.717) is 29.0 Å².